The second-order valence-electron chi connectivity index (χ2n) is 5.06. The van der Waals surface area contributed by atoms with Crippen molar-refractivity contribution in [2.75, 3.05) is 5.32 Å². The summed E-state index contributed by atoms with van der Waals surface area (Å²) in [7, 11) is 0. The SMILES string of the molecule is CCc1nc2cc(NC(C)c3ccc(I)cc3)ccc2o1. The molecule has 0 aliphatic heterocycles. The Balaban J connectivity index is 1.82. The molecule has 21 heavy (non-hydrogen) atoms. The average Bonchev–Trinajstić information content (AvgIpc) is 2.90. The lowest BCUT2D eigenvalue weighted by Gasteiger charge is -2.15. The Morgan fingerprint density at radius 1 is 1.19 bits per heavy atom. The number of hydrogen-bond acceptors (Lipinski definition) is 3. The minimum Gasteiger partial charge on any atom is -0.441 e. The van der Waals surface area contributed by atoms with Gasteiger partial charge >= 0.3 is 0 Å². The van der Waals surface area contributed by atoms with Crippen LogP contribution in [0.1, 0.15) is 31.3 Å². The van der Waals surface area contributed by atoms with Crippen LogP contribution in [-0.2, 0) is 6.42 Å². The zero-order valence-corrected chi connectivity index (χ0v) is 14.2. The summed E-state index contributed by atoms with van der Waals surface area (Å²) in [5, 5.41) is 3.51. The van der Waals surface area contributed by atoms with Gasteiger partial charge in [0, 0.05) is 21.7 Å². The predicted octanol–water partition coefficient (Wildman–Crippen LogP) is 5.17. The highest BCUT2D eigenvalue weighted by Crippen LogP contribution is 2.24. The van der Waals surface area contributed by atoms with E-state index in [1.165, 1.54) is 9.13 Å². The normalized spacial score (nSPS) is 12.5. The number of aryl methyl sites for hydroxylation is 1. The molecular weight excluding hydrogens is 375 g/mol. The number of fused-ring (bicyclic) bond motifs is 1. The monoisotopic (exact) mass is 392 g/mol. The van der Waals surface area contributed by atoms with Crippen LogP contribution in [0.4, 0.5) is 5.69 Å². The van der Waals surface area contributed by atoms with Crippen LogP contribution in [0.3, 0.4) is 0 Å². The highest BCUT2D eigenvalue weighted by atomic mass is 127. The summed E-state index contributed by atoms with van der Waals surface area (Å²) in [5.74, 6) is 0.785. The van der Waals surface area contributed by atoms with Gasteiger partial charge in [0.05, 0.1) is 0 Å². The molecule has 1 aromatic heterocycles. The van der Waals surface area contributed by atoms with Gasteiger partial charge in [0.15, 0.2) is 11.5 Å². The molecule has 0 spiro atoms. The van der Waals surface area contributed by atoms with Gasteiger partial charge in [0.2, 0.25) is 0 Å². The van der Waals surface area contributed by atoms with E-state index in [2.05, 4.69) is 64.1 Å². The summed E-state index contributed by atoms with van der Waals surface area (Å²) in [6.45, 7) is 4.20. The van der Waals surface area contributed by atoms with Gasteiger partial charge in [0.25, 0.3) is 0 Å². The summed E-state index contributed by atoms with van der Waals surface area (Å²) in [6.07, 6.45) is 0.816. The second-order valence-corrected chi connectivity index (χ2v) is 6.31. The largest absolute Gasteiger partial charge is 0.441 e. The zero-order valence-electron chi connectivity index (χ0n) is 12.1. The van der Waals surface area contributed by atoms with E-state index in [0.717, 1.165) is 29.1 Å². The van der Waals surface area contributed by atoms with E-state index in [1.54, 1.807) is 0 Å². The van der Waals surface area contributed by atoms with Crippen LogP contribution in [0.25, 0.3) is 11.1 Å². The zero-order chi connectivity index (χ0) is 14.8. The van der Waals surface area contributed by atoms with E-state index in [1.807, 2.05) is 25.1 Å². The quantitative estimate of drug-likeness (QED) is 0.623. The minimum atomic E-state index is 0.247. The summed E-state index contributed by atoms with van der Waals surface area (Å²) in [4.78, 5) is 4.48. The molecule has 3 nitrogen and oxygen atoms in total. The van der Waals surface area contributed by atoms with Gasteiger partial charge in [-0.05, 0) is 65.4 Å². The van der Waals surface area contributed by atoms with E-state index in [9.17, 15) is 0 Å². The lowest BCUT2D eigenvalue weighted by molar-refractivity contribution is 0.538. The fraction of sp³-hybridized carbons (Fsp3) is 0.235. The Kier molecular flexibility index (Phi) is 4.14. The third kappa shape index (κ3) is 3.20. The van der Waals surface area contributed by atoms with Gasteiger partial charge in [0.1, 0.15) is 5.52 Å². The third-order valence-electron chi connectivity index (χ3n) is 3.49. The molecule has 0 saturated carbocycles. The number of hydrogen-bond donors (Lipinski definition) is 1. The van der Waals surface area contributed by atoms with Crippen molar-refractivity contribution < 1.29 is 4.42 Å². The van der Waals surface area contributed by atoms with Crippen LogP contribution < -0.4 is 5.32 Å². The molecule has 1 unspecified atom stereocenters. The van der Waals surface area contributed by atoms with E-state index in [-0.39, 0.29) is 6.04 Å². The number of rotatable bonds is 4. The molecule has 1 N–H and O–H groups in total. The fourth-order valence-corrected chi connectivity index (χ4v) is 2.66. The molecule has 0 bridgehead atoms. The Morgan fingerprint density at radius 3 is 2.67 bits per heavy atom. The summed E-state index contributed by atoms with van der Waals surface area (Å²) < 4.78 is 6.88. The number of oxazole rings is 1. The van der Waals surface area contributed by atoms with Crippen molar-refractivity contribution in [1.29, 1.82) is 0 Å². The van der Waals surface area contributed by atoms with Crippen molar-refractivity contribution in [3.8, 4) is 0 Å². The Morgan fingerprint density at radius 2 is 1.95 bits per heavy atom. The van der Waals surface area contributed by atoms with E-state index in [0.29, 0.717) is 0 Å². The smallest absolute Gasteiger partial charge is 0.195 e. The first-order valence-electron chi connectivity index (χ1n) is 7.07. The molecule has 0 radical (unpaired) electrons. The Bertz CT molecular complexity index is 749. The molecule has 3 rings (SSSR count). The predicted molar refractivity (Wildman–Crippen MR) is 94.6 cm³/mol. The molecule has 2 aromatic carbocycles. The van der Waals surface area contributed by atoms with Gasteiger partial charge in [-0.2, -0.15) is 0 Å². The molecule has 4 heteroatoms. The summed E-state index contributed by atoms with van der Waals surface area (Å²) >= 11 is 2.32. The molecule has 0 fully saturated rings. The minimum absolute atomic E-state index is 0.247. The molecule has 0 saturated heterocycles. The van der Waals surface area contributed by atoms with E-state index < -0.39 is 0 Å². The number of aromatic nitrogens is 1. The molecule has 0 aliphatic rings. The average molecular weight is 392 g/mol. The fourth-order valence-electron chi connectivity index (χ4n) is 2.30. The van der Waals surface area contributed by atoms with Crippen molar-refractivity contribution in [2.24, 2.45) is 0 Å². The van der Waals surface area contributed by atoms with Crippen molar-refractivity contribution >= 4 is 39.4 Å². The molecular formula is C17H17IN2O. The van der Waals surface area contributed by atoms with Crippen molar-refractivity contribution in [1.82, 2.24) is 4.98 Å². The van der Waals surface area contributed by atoms with Crippen LogP contribution in [0, 0.1) is 3.57 Å². The van der Waals surface area contributed by atoms with Gasteiger partial charge in [-0.1, -0.05) is 19.1 Å². The maximum Gasteiger partial charge on any atom is 0.195 e. The number of benzene rings is 2. The standard InChI is InChI=1S/C17H17IN2O/c1-3-17-20-15-10-14(8-9-16(15)21-17)19-11(2)12-4-6-13(18)7-5-12/h4-11,19H,3H2,1-2H3. The first kappa shape index (κ1) is 14.4. The van der Waals surface area contributed by atoms with Gasteiger partial charge in [-0.15, -0.1) is 0 Å². The molecule has 1 heterocycles. The highest BCUT2D eigenvalue weighted by Gasteiger charge is 2.08. The number of anilines is 1. The summed E-state index contributed by atoms with van der Waals surface area (Å²) in [5.41, 5.74) is 4.08. The number of halogens is 1. The Hall–Kier alpha value is -1.56. The van der Waals surface area contributed by atoms with Gasteiger partial charge in [-0.25, -0.2) is 4.98 Å². The van der Waals surface area contributed by atoms with Crippen molar-refractivity contribution in [3.63, 3.8) is 0 Å². The van der Waals surface area contributed by atoms with Crippen LogP contribution in [0.15, 0.2) is 46.9 Å². The maximum atomic E-state index is 5.64. The maximum absolute atomic E-state index is 5.64. The molecule has 0 amide bonds. The topological polar surface area (TPSA) is 38.1 Å². The lowest BCUT2D eigenvalue weighted by Crippen LogP contribution is -2.06. The Labute approximate surface area is 137 Å². The lowest BCUT2D eigenvalue weighted by atomic mass is 10.1. The van der Waals surface area contributed by atoms with Crippen molar-refractivity contribution in [2.45, 2.75) is 26.3 Å². The van der Waals surface area contributed by atoms with Crippen molar-refractivity contribution in [3.05, 3.63) is 57.5 Å². The highest BCUT2D eigenvalue weighted by molar-refractivity contribution is 14.1. The number of nitrogens with one attached hydrogen (secondary N) is 1. The third-order valence-corrected chi connectivity index (χ3v) is 4.21. The van der Waals surface area contributed by atoms with Gasteiger partial charge < -0.3 is 9.73 Å². The van der Waals surface area contributed by atoms with Gasteiger partial charge in [-0.3, -0.25) is 0 Å². The first-order chi connectivity index (χ1) is 10.2. The van der Waals surface area contributed by atoms with Crippen LogP contribution in [0.2, 0.25) is 0 Å². The second kappa shape index (κ2) is 6.05. The van der Waals surface area contributed by atoms with Crippen LogP contribution >= 0.6 is 22.6 Å². The van der Waals surface area contributed by atoms with Crippen LogP contribution in [0.5, 0.6) is 0 Å². The molecule has 0 aliphatic carbocycles. The molecule has 1 atom stereocenters. The summed E-state index contributed by atoms with van der Waals surface area (Å²) in [6, 6.07) is 14.9. The molecule has 108 valence electrons. The first-order valence-corrected chi connectivity index (χ1v) is 8.15. The molecule has 3 aromatic rings. The van der Waals surface area contributed by atoms with E-state index in [4.69, 9.17) is 4.42 Å². The van der Waals surface area contributed by atoms with Crippen LogP contribution in [-0.4, -0.2) is 4.98 Å². The van der Waals surface area contributed by atoms with E-state index >= 15 is 0 Å². The number of nitrogens with zero attached hydrogens (tertiary/aromatic N) is 1.